The van der Waals surface area contributed by atoms with E-state index in [1.54, 1.807) is 69.5 Å². The zero-order chi connectivity index (χ0) is 19.1. The molecule has 0 unspecified atom stereocenters. The summed E-state index contributed by atoms with van der Waals surface area (Å²) in [5, 5.41) is 2.64. The van der Waals surface area contributed by atoms with Crippen LogP contribution in [-0.2, 0) is 9.53 Å². The molecule has 0 fully saturated rings. The number of methoxy groups -OCH3 is 1. The fourth-order valence-electron chi connectivity index (χ4n) is 2.12. The highest BCUT2D eigenvalue weighted by molar-refractivity contribution is 9.10. The van der Waals surface area contributed by atoms with E-state index in [0.717, 1.165) is 4.47 Å². The summed E-state index contributed by atoms with van der Waals surface area (Å²) < 4.78 is 11.2. The molecule has 26 heavy (non-hydrogen) atoms. The Morgan fingerprint density at radius 2 is 1.81 bits per heavy atom. The van der Waals surface area contributed by atoms with Crippen molar-refractivity contribution in [2.24, 2.45) is 0 Å². The van der Waals surface area contributed by atoms with Crippen molar-refractivity contribution in [1.82, 2.24) is 5.32 Å². The summed E-state index contributed by atoms with van der Waals surface area (Å²) in [6, 6.07) is 14.0. The van der Waals surface area contributed by atoms with E-state index in [-0.39, 0.29) is 11.8 Å². The van der Waals surface area contributed by atoms with Crippen LogP contribution in [-0.4, -0.2) is 25.1 Å². The van der Waals surface area contributed by atoms with Crippen LogP contribution in [0, 0.1) is 0 Å². The van der Waals surface area contributed by atoms with Gasteiger partial charge in [0.05, 0.1) is 13.2 Å². The fourth-order valence-corrected chi connectivity index (χ4v) is 2.48. The summed E-state index contributed by atoms with van der Waals surface area (Å²) in [5.41, 5.74) is 1.16. The van der Waals surface area contributed by atoms with Crippen molar-refractivity contribution in [3.8, 4) is 5.75 Å². The van der Waals surface area contributed by atoms with E-state index in [0.29, 0.717) is 16.9 Å². The van der Waals surface area contributed by atoms with Crippen LogP contribution >= 0.6 is 15.9 Å². The molecule has 1 amide bonds. The van der Waals surface area contributed by atoms with Crippen molar-refractivity contribution in [2.45, 2.75) is 20.0 Å². The van der Waals surface area contributed by atoms with Crippen LogP contribution in [0.15, 0.2) is 58.7 Å². The Balaban J connectivity index is 2.37. The lowest BCUT2D eigenvalue weighted by Gasteiger charge is -2.13. The van der Waals surface area contributed by atoms with Gasteiger partial charge in [0.25, 0.3) is 5.91 Å². The molecule has 2 aromatic carbocycles. The molecule has 136 valence electrons. The van der Waals surface area contributed by atoms with Crippen molar-refractivity contribution in [3.63, 3.8) is 0 Å². The van der Waals surface area contributed by atoms with Gasteiger partial charge in [0.1, 0.15) is 11.4 Å². The van der Waals surface area contributed by atoms with Crippen LogP contribution in [0.25, 0.3) is 6.08 Å². The zero-order valence-electron chi connectivity index (χ0n) is 14.8. The number of hydrogen-bond donors (Lipinski definition) is 1. The van der Waals surface area contributed by atoms with Gasteiger partial charge in [-0.15, -0.1) is 0 Å². The van der Waals surface area contributed by atoms with Gasteiger partial charge in [0.15, 0.2) is 0 Å². The largest absolute Gasteiger partial charge is 0.497 e. The molecule has 2 aromatic rings. The number of esters is 1. The summed E-state index contributed by atoms with van der Waals surface area (Å²) in [6.45, 7) is 3.49. The summed E-state index contributed by atoms with van der Waals surface area (Å²) in [6.07, 6.45) is 1.24. The van der Waals surface area contributed by atoms with Crippen LogP contribution < -0.4 is 10.1 Å². The van der Waals surface area contributed by atoms with Gasteiger partial charge in [-0.3, -0.25) is 4.79 Å². The number of carbonyl (C=O) groups excluding carboxylic acids is 2. The van der Waals surface area contributed by atoms with Crippen molar-refractivity contribution in [2.75, 3.05) is 7.11 Å². The molecule has 0 bridgehead atoms. The van der Waals surface area contributed by atoms with Gasteiger partial charge in [-0.1, -0.05) is 34.1 Å². The van der Waals surface area contributed by atoms with E-state index in [2.05, 4.69) is 21.2 Å². The molecule has 5 nitrogen and oxygen atoms in total. The van der Waals surface area contributed by atoms with E-state index < -0.39 is 11.9 Å². The number of halogens is 1. The van der Waals surface area contributed by atoms with Gasteiger partial charge in [-0.05, 0) is 55.8 Å². The maximum absolute atomic E-state index is 12.4. The maximum atomic E-state index is 12.4. The molecule has 0 saturated heterocycles. The highest BCUT2D eigenvalue weighted by Crippen LogP contribution is 2.24. The summed E-state index contributed by atoms with van der Waals surface area (Å²) in [5.74, 6) is -0.374. The minimum Gasteiger partial charge on any atom is -0.497 e. The lowest BCUT2D eigenvalue weighted by Crippen LogP contribution is -2.29. The van der Waals surface area contributed by atoms with Crippen molar-refractivity contribution in [1.29, 1.82) is 0 Å². The molecule has 0 aromatic heterocycles. The molecule has 0 aliphatic rings. The van der Waals surface area contributed by atoms with E-state index in [9.17, 15) is 9.59 Å². The molecular formula is C20H20BrNO4. The third kappa shape index (κ3) is 5.46. The first-order chi connectivity index (χ1) is 12.4. The monoisotopic (exact) mass is 417 g/mol. The zero-order valence-corrected chi connectivity index (χ0v) is 16.4. The number of rotatable bonds is 6. The molecule has 0 atom stereocenters. The maximum Gasteiger partial charge on any atom is 0.355 e. The summed E-state index contributed by atoms with van der Waals surface area (Å²) in [4.78, 5) is 24.9. The number of amides is 1. The topological polar surface area (TPSA) is 64.6 Å². The van der Waals surface area contributed by atoms with Gasteiger partial charge in [0, 0.05) is 10.0 Å². The first-order valence-electron chi connectivity index (χ1n) is 8.03. The Morgan fingerprint density at radius 3 is 2.42 bits per heavy atom. The minimum atomic E-state index is -0.612. The average Bonchev–Trinajstić information content (AvgIpc) is 2.62. The van der Waals surface area contributed by atoms with Crippen LogP contribution in [0.3, 0.4) is 0 Å². The van der Waals surface area contributed by atoms with Crippen LogP contribution in [0.5, 0.6) is 5.75 Å². The van der Waals surface area contributed by atoms with Crippen LogP contribution in [0.1, 0.15) is 29.8 Å². The normalized spacial score (nSPS) is 11.2. The third-order valence-electron chi connectivity index (χ3n) is 3.35. The van der Waals surface area contributed by atoms with Gasteiger partial charge in [-0.2, -0.15) is 0 Å². The van der Waals surface area contributed by atoms with Crippen molar-refractivity contribution in [3.05, 3.63) is 69.8 Å². The summed E-state index contributed by atoms with van der Waals surface area (Å²) in [7, 11) is 1.56. The average molecular weight is 418 g/mol. The minimum absolute atomic E-state index is 0.0431. The Bertz CT molecular complexity index is 816. The van der Waals surface area contributed by atoms with Gasteiger partial charge in [0.2, 0.25) is 0 Å². The van der Waals surface area contributed by atoms with Gasteiger partial charge in [-0.25, -0.2) is 4.79 Å². The quantitative estimate of drug-likeness (QED) is 0.565. The third-order valence-corrected chi connectivity index (χ3v) is 4.07. The number of carbonyl (C=O) groups is 2. The first-order valence-corrected chi connectivity index (χ1v) is 8.82. The highest BCUT2D eigenvalue weighted by atomic mass is 79.9. The molecule has 0 heterocycles. The number of nitrogens with one attached hydrogen (secondary N) is 1. The van der Waals surface area contributed by atoms with E-state index >= 15 is 0 Å². The van der Waals surface area contributed by atoms with E-state index in [1.165, 1.54) is 0 Å². The molecule has 0 spiro atoms. The number of benzene rings is 2. The second-order valence-electron chi connectivity index (χ2n) is 5.72. The van der Waals surface area contributed by atoms with E-state index in [1.807, 2.05) is 6.07 Å². The molecule has 0 radical (unpaired) electrons. The Morgan fingerprint density at radius 1 is 1.12 bits per heavy atom. The highest BCUT2D eigenvalue weighted by Gasteiger charge is 2.17. The standard InChI is InChI=1S/C20H20BrNO4/c1-13(2)26-20(24)18(22-19(23)14-7-5-4-6-8-14)12-15-11-16(25-3)9-10-17(15)21/h4-13H,1-3H3,(H,22,23). The molecule has 2 rings (SSSR count). The Labute approximate surface area is 161 Å². The predicted molar refractivity (Wildman–Crippen MR) is 104 cm³/mol. The molecule has 0 aliphatic heterocycles. The second-order valence-corrected chi connectivity index (χ2v) is 6.57. The molecule has 6 heteroatoms. The molecule has 1 N–H and O–H groups in total. The smallest absolute Gasteiger partial charge is 0.355 e. The first kappa shape index (κ1) is 19.7. The van der Waals surface area contributed by atoms with Crippen molar-refractivity contribution < 1.29 is 19.1 Å². The SMILES string of the molecule is COc1ccc(Br)c(C=C(NC(=O)c2ccccc2)C(=O)OC(C)C)c1. The molecule has 0 saturated carbocycles. The van der Waals surface area contributed by atoms with Crippen LogP contribution in [0.4, 0.5) is 0 Å². The molecule has 0 aliphatic carbocycles. The van der Waals surface area contributed by atoms with Crippen LogP contribution in [0.2, 0.25) is 0 Å². The Kier molecular flexibility index (Phi) is 6.97. The second kappa shape index (κ2) is 9.20. The van der Waals surface area contributed by atoms with Gasteiger partial charge >= 0.3 is 5.97 Å². The predicted octanol–water partition coefficient (Wildman–Crippen LogP) is 4.18. The van der Waals surface area contributed by atoms with E-state index in [4.69, 9.17) is 9.47 Å². The van der Waals surface area contributed by atoms with Crippen molar-refractivity contribution >= 4 is 33.9 Å². The Hall–Kier alpha value is -2.60. The lowest BCUT2D eigenvalue weighted by atomic mass is 10.1. The number of ether oxygens (including phenoxy) is 2. The summed E-state index contributed by atoms with van der Waals surface area (Å²) >= 11 is 3.43. The lowest BCUT2D eigenvalue weighted by molar-refractivity contribution is -0.142. The number of hydrogen-bond acceptors (Lipinski definition) is 4. The molecular weight excluding hydrogens is 398 g/mol. The fraction of sp³-hybridized carbons (Fsp3) is 0.200. The van der Waals surface area contributed by atoms with Gasteiger partial charge < -0.3 is 14.8 Å².